The van der Waals surface area contributed by atoms with Gasteiger partial charge in [-0.25, -0.2) is 4.98 Å². The van der Waals surface area contributed by atoms with Crippen LogP contribution in [0.3, 0.4) is 0 Å². The van der Waals surface area contributed by atoms with Crippen molar-refractivity contribution in [1.29, 1.82) is 0 Å². The number of hydrogen-bond donors (Lipinski definition) is 2. The highest BCUT2D eigenvalue weighted by atomic mass is 35.5. The predicted octanol–water partition coefficient (Wildman–Crippen LogP) is 9.53. The van der Waals surface area contributed by atoms with E-state index < -0.39 is 5.25 Å². The number of nitrogens with one attached hydrogen (secondary N) is 2. The summed E-state index contributed by atoms with van der Waals surface area (Å²) in [6, 6.07) is 36.6. The third-order valence-corrected chi connectivity index (χ3v) is 8.35. The van der Waals surface area contributed by atoms with Gasteiger partial charge in [-0.2, -0.15) is 0 Å². The van der Waals surface area contributed by atoms with Crippen molar-refractivity contribution in [2.24, 2.45) is 0 Å². The minimum atomic E-state index is -0.561. The number of carbonyl (C=O) groups excluding carboxylic acids is 2. The third kappa shape index (κ3) is 6.75. The van der Waals surface area contributed by atoms with Crippen molar-refractivity contribution in [2.75, 3.05) is 10.6 Å². The lowest BCUT2D eigenvalue weighted by Gasteiger charge is -2.18. The zero-order chi connectivity index (χ0) is 29.8. The molecule has 1 unspecified atom stereocenters. The first-order valence-corrected chi connectivity index (χ1v) is 14.9. The van der Waals surface area contributed by atoms with Crippen molar-refractivity contribution >= 4 is 69.3 Å². The van der Waals surface area contributed by atoms with E-state index in [9.17, 15) is 9.59 Å². The molecule has 1 aromatic heterocycles. The van der Waals surface area contributed by atoms with Gasteiger partial charge in [0.1, 0.15) is 10.8 Å². The summed E-state index contributed by atoms with van der Waals surface area (Å²) in [6.07, 6.45) is 0. The molecule has 212 valence electrons. The topological polar surface area (TPSA) is 84.2 Å². The molecule has 0 saturated carbocycles. The van der Waals surface area contributed by atoms with Crippen LogP contribution < -0.4 is 10.6 Å². The number of nitrogens with zero attached hydrogens (tertiary/aromatic N) is 1. The van der Waals surface area contributed by atoms with E-state index in [2.05, 4.69) is 15.6 Å². The Morgan fingerprint density at radius 2 is 1.51 bits per heavy atom. The summed E-state index contributed by atoms with van der Waals surface area (Å²) < 4.78 is 5.87. The molecule has 0 aliphatic carbocycles. The number of halogens is 2. The molecule has 2 N–H and O–H groups in total. The highest BCUT2D eigenvalue weighted by Crippen LogP contribution is 2.37. The van der Waals surface area contributed by atoms with E-state index in [0.717, 1.165) is 27.1 Å². The summed E-state index contributed by atoms with van der Waals surface area (Å²) in [6.45, 7) is 0. The number of anilines is 2. The molecule has 0 aliphatic heterocycles. The Hall–Kier alpha value is -4.56. The summed E-state index contributed by atoms with van der Waals surface area (Å²) in [7, 11) is 0. The second kappa shape index (κ2) is 12.8. The molecular weight excluding hydrogens is 601 g/mol. The van der Waals surface area contributed by atoms with Gasteiger partial charge in [0.15, 0.2) is 5.58 Å². The number of oxazole rings is 1. The number of carbonyl (C=O) groups is 2. The molecule has 0 radical (unpaired) electrons. The number of hydrogen-bond acceptors (Lipinski definition) is 5. The summed E-state index contributed by atoms with van der Waals surface area (Å²) in [5.41, 5.74) is 4.69. The minimum Gasteiger partial charge on any atom is -0.436 e. The Labute approximate surface area is 262 Å². The number of aromatic nitrogens is 1. The predicted molar refractivity (Wildman–Crippen MR) is 174 cm³/mol. The standard InChI is InChI=1S/C34H23Cl2N3O3S/c35-23-15-18-27(28(36)19-23)32(40)38-25-9-6-10-26(20-25)43-31(21-7-2-1-3-8-21)33(41)37-24-16-13-22(14-17-24)34-39-29-11-4-5-12-30(29)42-34/h1-20,31H,(H,37,41)(H,38,40). The maximum absolute atomic E-state index is 13.6. The molecule has 43 heavy (non-hydrogen) atoms. The fourth-order valence-electron chi connectivity index (χ4n) is 4.46. The monoisotopic (exact) mass is 623 g/mol. The molecule has 6 nitrogen and oxygen atoms in total. The lowest BCUT2D eigenvalue weighted by atomic mass is 10.1. The second-order valence-corrected chi connectivity index (χ2v) is 11.6. The second-order valence-electron chi connectivity index (χ2n) is 9.57. The Kier molecular flexibility index (Phi) is 8.47. The van der Waals surface area contributed by atoms with E-state index >= 15 is 0 Å². The Bertz CT molecular complexity index is 1890. The maximum Gasteiger partial charge on any atom is 0.257 e. The van der Waals surface area contributed by atoms with Gasteiger partial charge in [-0.1, -0.05) is 71.7 Å². The summed E-state index contributed by atoms with van der Waals surface area (Å²) in [4.78, 5) is 31.8. The van der Waals surface area contributed by atoms with Crippen LogP contribution in [0.1, 0.15) is 21.2 Å². The van der Waals surface area contributed by atoms with Gasteiger partial charge in [0.2, 0.25) is 11.8 Å². The van der Waals surface area contributed by atoms with Crippen molar-refractivity contribution in [3.8, 4) is 11.5 Å². The summed E-state index contributed by atoms with van der Waals surface area (Å²) in [5.74, 6) is -0.0299. The summed E-state index contributed by atoms with van der Waals surface area (Å²) >= 11 is 13.6. The molecule has 2 amide bonds. The molecule has 6 rings (SSSR count). The van der Waals surface area contributed by atoms with Gasteiger partial charge in [0.25, 0.3) is 5.91 Å². The fourth-order valence-corrected chi connectivity index (χ4v) is 6.03. The zero-order valence-corrected chi connectivity index (χ0v) is 24.8. The Morgan fingerprint density at radius 1 is 0.744 bits per heavy atom. The number of benzene rings is 5. The minimum absolute atomic E-state index is 0.187. The first kappa shape index (κ1) is 28.6. The molecule has 0 aliphatic rings. The van der Waals surface area contributed by atoms with E-state index in [1.54, 1.807) is 18.2 Å². The zero-order valence-electron chi connectivity index (χ0n) is 22.5. The number of rotatable bonds is 8. The van der Waals surface area contributed by atoms with Crippen LogP contribution in [-0.4, -0.2) is 16.8 Å². The smallest absolute Gasteiger partial charge is 0.257 e. The van der Waals surface area contributed by atoms with Crippen LogP contribution in [-0.2, 0) is 4.79 Å². The highest BCUT2D eigenvalue weighted by molar-refractivity contribution is 8.00. The average Bonchev–Trinajstić information content (AvgIpc) is 3.45. The molecule has 1 heterocycles. The lowest BCUT2D eigenvalue weighted by Crippen LogP contribution is -2.19. The van der Waals surface area contributed by atoms with Crippen LogP contribution in [0.4, 0.5) is 11.4 Å². The molecule has 1 atom stereocenters. The van der Waals surface area contributed by atoms with E-state index in [1.165, 1.54) is 17.8 Å². The van der Waals surface area contributed by atoms with Crippen LogP contribution in [0.15, 0.2) is 131 Å². The number of thioether (sulfide) groups is 1. The van der Waals surface area contributed by atoms with Crippen molar-refractivity contribution in [3.05, 3.63) is 142 Å². The van der Waals surface area contributed by atoms with Gasteiger partial charge in [0, 0.05) is 26.9 Å². The van der Waals surface area contributed by atoms with Crippen LogP contribution in [0.25, 0.3) is 22.6 Å². The van der Waals surface area contributed by atoms with Gasteiger partial charge in [-0.15, -0.1) is 11.8 Å². The highest BCUT2D eigenvalue weighted by Gasteiger charge is 2.23. The van der Waals surface area contributed by atoms with Crippen molar-refractivity contribution < 1.29 is 14.0 Å². The molecule has 6 aromatic rings. The number of para-hydroxylation sites is 2. The molecule has 0 bridgehead atoms. The van der Waals surface area contributed by atoms with Gasteiger partial charge in [-0.3, -0.25) is 9.59 Å². The molecule has 0 fully saturated rings. The molecule has 0 spiro atoms. The van der Waals surface area contributed by atoms with Crippen LogP contribution in [0.2, 0.25) is 10.0 Å². The van der Waals surface area contributed by atoms with E-state index in [0.29, 0.717) is 27.9 Å². The molecule has 9 heteroatoms. The first-order valence-electron chi connectivity index (χ1n) is 13.3. The van der Waals surface area contributed by atoms with Crippen LogP contribution in [0, 0.1) is 0 Å². The summed E-state index contributed by atoms with van der Waals surface area (Å²) in [5, 5.41) is 6.06. The normalized spacial score (nSPS) is 11.7. The van der Waals surface area contributed by atoms with Crippen molar-refractivity contribution in [1.82, 2.24) is 4.98 Å². The van der Waals surface area contributed by atoms with Crippen molar-refractivity contribution in [3.63, 3.8) is 0 Å². The fraction of sp³-hybridized carbons (Fsp3) is 0.0294. The van der Waals surface area contributed by atoms with E-state index in [-0.39, 0.29) is 16.8 Å². The van der Waals surface area contributed by atoms with Crippen LogP contribution >= 0.6 is 35.0 Å². The molecular formula is C34H23Cl2N3O3S. The van der Waals surface area contributed by atoms with Gasteiger partial charge >= 0.3 is 0 Å². The quantitative estimate of drug-likeness (QED) is 0.165. The SMILES string of the molecule is O=C(Nc1cccc(SC(C(=O)Nc2ccc(-c3nc4ccccc4o3)cc2)c2ccccc2)c1)c1ccc(Cl)cc1Cl. The van der Waals surface area contributed by atoms with Gasteiger partial charge < -0.3 is 15.1 Å². The van der Waals surface area contributed by atoms with E-state index in [4.69, 9.17) is 27.6 Å². The lowest BCUT2D eigenvalue weighted by molar-refractivity contribution is -0.115. The van der Waals surface area contributed by atoms with Gasteiger partial charge in [-0.05, 0) is 78.4 Å². The number of fused-ring (bicyclic) bond motifs is 1. The van der Waals surface area contributed by atoms with E-state index in [1.807, 2.05) is 97.1 Å². The first-order chi connectivity index (χ1) is 20.9. The van der Waals surface area contributed by atoms with Crippen molar-refractivity contribution in [2.45, 2.75) is 10.1 Å². The van der Waals surface area contributed by atoms with Gasteiger partial charge in [0.05, 0.1) is 10.6 Å². The Balaban J connectivity index is 1.19. The molecule has 0 saturated heterocycles. The van der Waals surface area contributed by atoms with Crippen LogP contribution in [0.5, 0.6) is 0 Å². The molecule has 5 aromatic carbocycles. The Morgan fingerprint density at radius 3 is 2.28 bits per heavy atom. The largest absolute Gasteiger partial charge is 0.436 e. The average molecular weight is 625 g/mol. The maximum atomic E-state index is 13.6. The third-order valence-electron chi connectivity index (χ3n) is 6.56. The number of amides is 2.